The van der Waals surface area contributed by atoms with Gasteiger partial charge in [-0.25, -0.2) is 4.98 Å². The summed E-state index contributed by atoms with van der Waals surface area (Å²) in [6.45, 7) is 0. The normalized spacial score (nSPS) is 31.2. The minimum absolute atomic E-state index is 0.792. The highest BCUT2D eigenvalue weighted by molar-refractivity contribution is 5.44. The van der Waals surface area contributed by atoms with Crippen LogP contribution < -0.4 is 4.90 Å². The molecule has 0 radical (unpaired) electrons. The Morgan fingerprint density at radius 2 is 1.77 bits per heavy atom. The van der Waals surface area contributed by atoms with Crippen molar-refractivity contribution >= 4 is 5.82 Å². The van der Waals surface area contributed by atoms with E-state index in [9.17, 15) is 0 Å². The van der Waals surface area contributed by atoms with E-state index in [1.807, 2.05) is 12.3 Å². The number of rotatable bonds is 1. The molecule has 0 spiro atoms. The zero-order valence-corrected chi connectivity index (χ0v) is 7.69. The number of pyridine rings is 1. The summed E-state index contributed by atoms with van der Waals surface area (Å²) >= 11 is 0. The number of nitrogens with zero attached hydrogens (tertiary/aromatic N) is 2. The van der Waals surface area contributed by atoms with Gasteiger partial charge in [-0.15, -0.1) is 0 Å². The summed E-state index contributed by atoms with van der Waals surface area (Å²) in [7, 11) is 0. The summed E-state index contributed by atoms with van der Waals surface area (Å²) in [5.74, 6) is 1.19. The molecule has 2 aliphatic rings. The maximum absolute atomic E-state index is 4.43. The molecule has 2 aliphatic heterocycles. The van der Waals surface area contributed by atoms with E-state index >= 15 is 0 Å². The van der Waals surface area contributed by atoms with Crippen LogP contribution in [0.4, 0.5) is 5.82 Å². The third-order valence-electron chi connectivity index (χ3n) is 3.37. The molecule has 0 aliphatic carbocycles. The smallest absolute Gasteiger partial charge is 0.128 e. The lowest BCUT2D eigenvalue weighted by Gasteiger charge is -2.22. The van der Waals surface area contributed by atoms with E-state index in [2.05, 4.69) is 22.0 Å². The van der Waals surface area contributed by atoms with Gasteiger partial charge in [0.05, 0.1) is 0 Å². The van der Waals surface area contributed by atoms with Gasteiger partial charge in [0, 0.05) is 18.3 Å². The summed E-state index contributed by atoms with van der Waals surface area (Å²) in [6, 6.07) is 7.79. The second-order valence-corrected chi connectivity index (χ2v) is 4.06. The van der Waals surface area contributed by atoms with Gasteiger partial charge in [0.1, 0.15) is 5.82 Å². The molecular weight excluding hydrogens is 160 g/mol. The van der Waals surface area contributed by atoms with Gasteiger partial charge < -0.3 is 4.90 Å². The van der Waals surface area contributed by atoms with Crippen molar-refractivity contribution in [2.75, 3.05) is 4.90 Å². The quantitative estimate of drug-likeness (QED) is 0.649. The first-order valence-corrected chi connectivity index (χ1v) is 5.14. The van der Waals surface area contributed by atoms with Crippen LogP contribution in [-0.4, -0.2) is 17.1 Å². The van der Waals surface area contributed by atoms with Crippen molar-refractivity contribution in [2.24, 2.45) is 0 Å². The average Bonchev–Trinajstić information content (AvgIpc) is 2.78. The van der Waals surface area contributed by atoms with E-state index in [4.69, 9.17) is 0 Å². The Labute approximate surface area is 78.6 Å². The van der Waals surface area contributed by atoms with E-state index in [1.54, 1.807) is 0 Å². The highest BCUT2D eigenvalue weighted by Crippen LogP contribution is 2.39. The third kappa shape index (κ3) is 1.05. The fourth-order valence-electron chi connectivity index (χ4n) is 2.79. The first kappa shape index (κ1) is 7.36. The predicted octanol–water partition coefficient (Wildman–Crippen LogP) is 2.21. The van der Waals surface area contributed by atoms with Gasteiger partial charge in [-0.05, 0) is 37.8 Å². The summed E-state index contributed by atoms with van der Waals surface area (Å²) in [6.07, 6.45) is 7.40. The van der Waals surface area contributed by atoms with Gasteiger partial charge in [-0.1, -0.05) is 6.07 Å². The molecule has 0 amide bonds. The Balaban J connectivity index is 1.94. The van der Waals surface area contributed by atoms with E-state index < -0.39 is 0 Å². The second-order valence-electron chi connectivity index (χ2n) is 4.06. The molecule has 0 N–H and O–H groups in total. The standard InChI is InChI=1S/C11H14N2/c1-2-8-12-11(3-1)13-9-4-5-10(13)7-6-9/h1-3,8-10H,4-7H2. The van der Waals surface area contributed by atoms with Gasteiger partial charge in [0.15, 0.2) is 0 Å². The molecule has 2 bridgehead atoms. The van der Waals surface area contributed by atoms with Crippen molar-refractivity contribution in [1.29, 1.82) is 0 Å². The highest BCUT2D eigenvalue weighted by Gasteiger charge is 2.39. The summed E-state index contributed by atoms with van der Waals surface area (Å²) in [4.78, 5) is 6.96. The van der Waals surface area contributed by atoms with Crippen molar-refractivity contribution in [3.05, 3.63) is 24.4 Å². The van der Waals surface area contributed by atoms with Crippen LogP contribution in [0.25, 0.3) is 0 Å². The minimum Gasteiger partial charge on any atom is -0.351 e. The Hall–Kier alpha value is -1.05. The molecule has 2 nitrogen and oxygen atoms in total. The SMILES string of the molecule is c1ccc(N2C3CCC2CC3)nc1. The molecule has 1 aromatic rings. The lowest BCUT2D eigenvalue weighted by Crippen LogP contribution is -2.28. The minimum atomic E-state index is 0.792. The summed E-state index contributed by atoms with van der Waals surface area (Å²) in [5, 5.41) is 0. The van der Waals surface area contributed by atoms with Crippen molar-refractivity contribution in [3.8, 4) is 0 Å². The lowest BCUT2D eigenvalue weighted by molar-refractivity contribution is 0.576. The Kier molecular flexibility index (Phi) is 1.54. The van der Waals surface area contributed by atoms with Crippen molar-refractivity contribution in [2.45, 2.75) is 37.8 Å². The van der Waals surface area contributed by atoms with E-state index in [1.165, 1.54) is 31.5 Å². The van der Waals surface area contributed by atoms with Crippen LogP contribution in [0.3, 0.4) is 0 Å². The molecule has 3 heterocycles. The molecule has 3 rings (SSSR count). The number of hydrogen-bond acceptors (Lipinski definition) is 2. The molecular formula is C11H14N2. The second kappa shape index (κ2) is 2.72. The topological polar surface area (TPSA) is 16.1 Å². The molecule has 68 valence electrons. The van der Waals surface area contributed by atoms with Crippen LogP contribution in [0.1, 0.15) is 25.7 Å². The van der Waals surface area contributed by atoms with Crippen LogP contribution in [-0.2, 0) is 0 Å². The van der Waals surface area contributed by atoms with Crippen LogP contribution in [0.2, 0.25) is 0 Å². The van der Waals surface area contributed by atoms with Crippen LogP contribution in [0, 0.1) is 0 Å². The lowest BCUT2D eigenvalue weighted by atomic mass is 10.0. The summed E-state index contributed by atoms with van der Waals surface area (Å²) < 4.78 is 0. The number of aromatic nitrogens is 1. The molecule has 2 heteroatoms. The van der Waals surface area contributed by atoms with Gasteiger partial charge in [0.25, 0.3) is 0 Å². The van der Waals surface area contributed by atoms with Gasteiger partial charge in [-0.2, -0.15) is 0 Å². The first-order chi connectivity index (χ1) is 6.45. The van der Waals surface area contributed by atoms with Crippen molar-refractivity contribution in [1.82, 2.24) is 4.98 Å². The molecule has 1 aromatic heterocycles. The predicted molar refractivity (Wildman–Crippen MR) is 52.8 cm³/mol. The Bertz CT molecular complexity index is 276. The van der Waals surface area contributed by atoms with Crippen LogP contribution in [0.15, 0.2) is 24.4 Å². The monoisotopic (exact) mass is 174 g/mol. The van der Waals surface area contributed by atoms with Gasteiger partial charge in [0.2, 0.25) is 0 Å². The number of hydrogen-bond donors (Lipinski definition) is 0. The fraction of sp³-hybridized carbons (Fsp3) is 0.545. The molecule has 0 atom stereocenters. The molecule has 2 saturated heterocycles. The zero-order valence-electron chi connectivity index (χ0n) is 7.69. The maximum Gasteiger partial charge on any atom is 0.128 e. The summed E-state index contributed by atoms with van der Waals surface area (Å²) in [5.41, 5.74) is 0. The molecule has 0 saturated carbocycles. The largest absolute Gasteiger partial charge is 0.351 e. The first-order valence-electron chi connectivity index (χ1n) is 5.14. The molecule has 0 aromatic carbocycles. The number of fused-ring (bicyclic) bond motifs is 2. The van der Waals surface area contributed by atoms with E-state index in [0.29, 0.717) is 0 Å². The van der Waals surface area contributed by atoms with Crippen LogP contribution >= 0.6 is 0 Å². The fourth-order valence-corrected chi connectivity index (χ4v) is 2.79. The van der Waals surface area contributed by atoms with Crippen LogP contribution in [0.5, 0.6) is 0 Å². The van der Waals surface area contributed by atoms with E-state index in [0.717, 1.165) is 12.1 Å². The Morgan fingerprint density at radius 3 is 2.31 bits per heavy atom. The molecule has 0 unspecified atom stereocenters. The zero-order chi connectivity index (χ0) is 8.67. The van der Waals surface area contributed by atoms with Gasteiger partial charge in [-0.3, -0.25) is 0 Å². The molecule has 2 fully saturated rings. The van der Waals surface area contributed by atoms with Crippen molar-refractivity contribution < 1.29 is 0 Å². The number of anilines is 1. The van der Waals surface area contributed by atoms with Crippen molar-refractivity contribution in [3.63, 3.8) is 0 Å². The Morgan fingerprint density at radius 1 is 1.08 bits per heavy atom. The highest BCUT2D eigenvalue weighted by atomic mass is 15.3. The van der Waals surface area contributed by atoms with Gasteiger partial charge >= 0.3 is 0 Å². The van der Waals surface area contributed by atoms with E-state index in [-0.39, 0.29) is 0 Å². The maximum atomic E-state index is 4.43. The molecule has 13 heavy (non-hydrogen) atoms. The average molecular weight is 174 g/mol. The third-order valence-corrected chi connectivity index (χ3v) is 3.37.